The molecule has 5 rings (SSSR count). The smallest absolute Gasteiger partial charge is 0.243 e. The second-order valence-electron chi connectivity index (χ2n) is 8.03. The van der Waals surface area contributed by atoms with Crippen LogP contribution in [0.15, 0.2) is 64.7 Å². The van der Waals surface area contributed by atoms with Crippen LogP contribution in [0.4, 0.5) is 0 Å². The molecule has 8 nitrogen and oxygen atoms in total. The molecular weight excluding hydrogens is 448 g/mol. The van der Waals surface area contributed by atoms with E-state index in [0.29, 0.717) is 26.1 Å². The molecule has 1 aromatic carbocycles. The van der Waals surface area contributed by atoms with Crippen LogP contribution in [-0.4, -0.2) is 61.6 Å². The highest BCUT2D eigenvalue weighted by atomic mass is 32.2. The van der Waals surface area contributed by atoms with Crippen molar-refractivity contribution in [2.24, 2.45) is 0 Å². The monoisotopic (exact) mass is 472 g/mol. The highest BCUT2D eigenvalue weighted by Crippen LogP contribution is 2.30. The summed E-state index contributed by atoms with van der Waals surface area (Å²) in [6, 6.07) is 9.45. The molecule has 1 fully saturated rings. The second-order valence-corrected chi connectivity index (χ2v) is 11.9. The van der Waals surface area contributed by atoms with Gasteiger partial charge in [-0.1, -0.05) is 6.08 Å². The molecule has 0 unspecified atom stereocenters. The lowest BCUT2D eigenvalue weighted by molar-refractivity contribution is 0.441. The maximum Gasteiger partial charge on any atom is 0.243 e. The zero-order valence-electron chi connectivity index (χ0n) is 17.4. The molecule has 0 saturated carbocycles. The van der Waals surface area contributed by atoms with Crippen LogP contribution >= 0.6 is 0 Å². The number of benzene rings is 1. The first-order valence-electron chi connectivity index (χ1n) is 10.6. The van der Waals surface area contributed by atoms with Gasteiger partial charge in [-0.3, -0.25) is 0 Å². The van der Waals surface area contributed by atoms with Crippen LogP contribution in [0.2, 0.25) is 0 Å². The van der Waals surface area contributed by atoms with Crippen molar-refractivity contribution >= 4 is 36.7 Å². The Morgan fingerprint density at radius 3 is 2.12 bits per heavy atom. The number of aromatic amines is 1. The Kier molecular flexibility index (Phi) is 5.40. The van der Waals surface area contributed by atoms with Crippen molar-refractivity contribution in [3.05, 3.63) is 60.4 Å². The minimum atomic E-state index is -3.72. The van der Waals surface area contributed by atoms with Crippen molar-refractivity contribution in [3.63, 3.8) is 0 Å². The van der Waals surface area contributed by atoms with Crippen LogP contribution in [0.25, 0.3) is 16.6 Å². The Bertz CT molecular complexity index is 1390. The van der Waals surface area contributed by atoms with E-state index in [9.17, 15) is 16.8 Å². The number of pyridine rings is 1. The molecule has 1 saturated heterocycles. The largest absolute Gasteiger partial charge is 0.346 e. The van der Waals surface area contributed by atoms with E-state index in [0.717, 1.165) is 35.0 Å². The molecule has 1 N–H and O–H groups in total. The number of fused-ring (bicyclic) bond motifs is 1. The first-order chi connectivity index (χ1) is 15.4. The van der Waals surface area contributed by atoms with E-state index in [1.165, 1.54) is 32.9 Å². The maximum absolute atomic E-state index is 13.1. The van der Waals surface area contributed by atoms with Gasteiger partial charge in [0.2, 0.25) is 20.0 Å². The molecular formula is C22H24N4O4S2. The van der Waals surface area contributed by atoms with Crippen LogP contribution in [0.5, 0.6) is 0 Å². The average Bonchev–Trinajstić information content (AvgIpc) is 3.50. The van der Waals surface area contributed by atoms with Crippen molar-refractivity contribution in [3.8, 4) is 0 Å². The van der Waals surface area contributed by atoms with Gasteiger partial charge < -0.3 is 4.98 Å². The van der Waals surface area contributed by atoms with E-state index in [1.807, 2.05) is 24.4 Å². The number of rotatable bonds is 5. The van der Waals surface area contributed by atoms with Crippen LogP contribution in [-0.2, 0) is 20.0 Å². The molecule has 0 aliphatic carbocycles. The molecule has 2 aromatic heterocycles. The summed E-state index contributed by atoms with van der Waals surface area (Å²) < 4.78 is 54.5. The first kappa shape index (κ1) is 21.3. The zero-order valence-corrected chi connectivity index (χ0v) is 19.1. The van der Waals surface area contributed by atoms with E-state index < -0.39 is 20.0 Å². The van der Waals surface area contributed by atoms with E-state index >= 15 is 0 Å². The summed E-state index contributed by atoms with van der Waals surface area (Å²) in [7, 11) is -7.29. The van der Waals surface area contributed by atoms with Gasteiger partial charge >= 0.3 is 0 Å². The molecule has 32 heavy (non-hydrogen) atoms. The molecule has 4 heterocycles. The molecule has 0 atom stereocenters. The maximum atomic E-state index is 13.1. The lowest BCUT2D eigenvalue weighted by Gasteiger charge is -2.26. The van der Waals surface area contributed by atoms with Gasteiger partial charge in [-0.2, -0.15) is 8.61 Å². The lowest BCUT2D eigenvalue weighted by Crippen LogP contribution is -2.34. The molecule has 0 radical (unpaired) electrons. The molecule has 0 amide bonds. The third-order valence-electron chi connectivity index (χ3n) is 6.13. The Labute approximate surface area is 187 Å². The number of hydrogen-bond acceptors (Lipinski definition) is 5. The Morgan fingerprint density at radius 2 is 1.50 bits per heavy atom. The summed E-state index contributed by atoms with van der Waals surface area (Å²) in [6.45, 7) is 1.64. The Hall–Kier alpha value is -2.53. The van der Waals surface area contributed by atoms with Crippen molar-refractivity contribution in [1.82, 2.24) is 18.6 Å². The molecule has 2 aliphatic heterocycles. The first-order valence-corrected chi connectivity index (χ1v) is 13.5. The Balaban J connectivity index is 1.35. The van der Waals surface area contributed by atoms with Crippen molar-refractivity contribution in [1.29, 1.82) is 0 Å². The van der Waals surface area contributed by atoms with Crippen LogP contribution < -0.4 is 0 Å². The van der Waals surface area contributed by atoms with Crippen molar-refractivity contribution < 1.29 is 16.8 Å². The van der Waals surface area contributed by atoms with Crippen molar-refractivity contribution in [2.45, 2.75) is 29.1 Å². The molecule has 3 aromatic rings. The third kappa shape index (κ3) is 3.66. The number of hydrogen-bond donors (Lipinski definition) is 1. The van der Waals surface area contributed by atoms with Crippen molar-refractivity contribution in [2.75, 3.05) is 26.2 Å². The van der Waals surface area contributed by atoms with Gasteiger partial charge in [0.1, 0.15) is 5.65 Å². The van der Waals surface area contributed by atoms with E-state index in [2.05, 4.69) is 9.97 Å². The summed E-state index contributed by atoms with van der Waals surface area (Å²) in [4.78, 5) is 7.69. The highest BCUT2D eigenvalue weighted by Gasteiger charge is 2.30. The summed E-state index contributed by atoms with van der Waals surface area (Å²) in [5, 5.41) is 1.02. The minimum absolute atomic E-state index is 0.103. The Morgan fingerprint density at radius 1 is 0.844 bits per heavy atom. The quantitative estimate of drug-likeness (QED) is 0.615. The summed E-state index contributed by atoms with van der Waals surface area (Å²) >= 11 is 0. The molecule has 2 aliphatic rings. The van der Waals surface area contributed by atoms with Crippen LogP contribution in [0, 0.1) is 0 Å². The fraction of sp³-hybridized carbons (Fsp3) is 0.318. The minimum Gasteiger partial charge on any atom is -0.346 e. The van der Waals surface area contributed by atoms with Gasteiger partial charge in [0, 0.05) is 49.5 Å². The fourth-order valence-corrected chi connectivity index (χ4v) is 7.24. The van der Waals surface area contributed by atoms with Crippen LogP contribution in [0.1, 0.15) is 24.8 Å². The summed E-state index contributed by atoms with van der Waals surface area (Å²) in [5.41, 5.74) is 2.94. The topological polar surface area (TPSA) is 103 Å². The second kappa shape index (κ2) is 8.11. The molecule has 0 spiro atoms. The van der Waals surface area contributed by atoms with Gasteiger partial charge in [-0.15, -0.1) is 0 Å². The average molecular weight is 473 g/mol. The molecule has 0 bridgehead atoms. The predicted octanol–water partition coefficient (Wildman–Crippen LogP) is 2.83. The van der Waals surface area contributed by atoms with Gasteiger partial charge in [-0.25, -0.2) is 21.8 Å². The van der Waals surface area contributed by atoms with Gasteiger partial charge in [-0.05, 0) is 61.2 Å². The SMILES string of the molecule is O=S(=O)(c1ccc(S(=O)(=O)N2CCCC2)cc1)N1CC=C(c2c[nH]c3ncccc23)CC1. The number of nitrogens with one attached hydrogen (secondary N) is 1. The van der Waals surface area contributed by atoms with E-state index in [-0.39, 0.29) is 16.3 Å². The molecule has 10 heteroatoms. The standard InChI is InChI=1S/C22H24N4O4S2/c27-31(28,25-12-1-2-13-25)18-5-7-19(8-6-18)32(29,30)26-14-9-17(10-15-26)21-16-24-22-20(21)4-3-11-23-22/h3-9,11,16H,1-2,10,12-15H2,(H,23,24). The number of nitrogens with zero attached hydrogens (tertiary/aromatic N) is 3. The van der Waals surface area contributed by atoms with E-state index in [1.54, 1.807) is 6.20 Å². The number of sulfonamides is 2. The highest BCUT2D eigenvalue weighted by molar-refractivity contribution is 7.89. The summed E-state index contributed by atoms with van der Waals surface area (Å²) in [5.74, 6) is 0. The van der Waals surface area contributed by atoms with Gasteiger partial charge in [0.15, 0.2) is 0 Å². The number of aromatic nitrogens is 2. The zero-order chi connectivity index (χ0) is 22.3. The summed E-state index contributed by atoms with van der Waals surface area (Å²) in [6.07, 6.45) is 7.86. The fourth-order valence-electron chi connectivity index (χ4n) is 4.35. The van der Waals surface area contributed by atoms with Gasteiger partial charge in [0.05, 0.1) is 9.79 Å². The third-order valence-corrected chi connectivity index (χ3v) is 9.93. The van der Waals surface area contributed by atoms with Gasteiger partial charge in [0.25, 0.3) is 0 Å². The normalized spacial score (nSPS) is 18.8. The van der Waals surface area contributed by atoms with E-state index in [4.69, 9.17) is 0 Å². The molecule has 168 valence electrons. The number of H-pyrrole nitrogens is 1. The van der Waals surface area contributed by atoms with Crippen LogP contribution in [0.3, 0.4) is 0 Å². The predicted molar refractivity (Wildman–Crippen MR) is 122 cm³/mol. The lowest BCUT2D eigenvalue weighted by atomic mass is 10.0.